The molecule has 3 heterocycles. The predicted octanol–water partition coefficient (Wildman–Crippen LogP) is -0.457. The number of anilines is 2. The first-order valence-electron chi connectivity index (χ1n) is 7.29. The van der Waals surface area contributed by atoms with E-state index in [2.05, 4.69) is 31.8 Å². The molecule has 3 N–H and O–H groups in total. The van der Waals surface area contributed by atoms with Crippen LogP contribution in [-0.2, 0) is 6.54 Å². The molecule has 0 saturated carbocycles. The molecular weight excluding hydrogens is 270 g/mol. The van der Waals surface area contributed by atoms with Crippen molar-refractivity contribution < 1.29 is 5.11 Å². The van der Waals surface area contributed by atoms with E-state index in [1.54, 1.807) is 11.0 Å². The van der Waals surface area contributed by atoms with Gasteiger partial charge in [0.25, 0.3) is 0 Å². The molecule has 8 heteroatoms. The van der Waals surface area contributed by atoms with Crippen molar-refractivity contribution in [1.82, 2.24) is 24.6 Å². The molecule has 0 unspecified atom stereocenters. The summed E-state index contributed by atoms with van der Waals surface area (Å²) < 4.78 is 1.64. The molecule has 1 fully saturated rings. The van der Waals surface area contributed by atoms with Crippen LogP contribution in [0.25, 0.3) is 11.0 Å². The Morgan fingerprint density at radius 3 is 2.67 bits per heavy atom. The summed E-state index contributed by atoms with van der Waals surface area (Å²) in [5.74, 6) is 1.27. The van der Waals surface area contributed by atoms with Gasteiger partial charge in [-0.3, -0.25) is 0 Å². The Morgan fingerprint density at radius 2 is 2.00 bits per heavy atom. The number of nitrogens with two attached hydrogens (primary N) is 1. The minimum absolute atomic E-state index is 0.00469. The van der Waals surface area contributed by atoms with Crippen LogP contribution in [0, 0.1) is 0 Å². The smallest absolute Gasteiger partial charge is 0.165 e. The molecular formula is C13H21N7O. The van der Waals surface area contributed by atoms with Crippen LogP contribution in [0.3, 0.4) is 0 Å². The fraction of sp³-hybridized carbons (Fsp3) is 0.615. The van der Waals surface area contributed by atoms with Crippen LogP contribution >= 0.6 is 0 Å². The van der Waals surface area contributed by atoms with E-state index in [-0.39, 0.29) is 6.61 Å². The van der Waals surface area contributed by atoms with Crippen molar-refractivity contribution in [2.45, 2.75) is 13.5 Å². The first-order valence-corrected chi connectivity index (χ1v) is 7.29. The number of likely N-dealkylation sites (N-methyl/N-ethyl adjacent to an activating group) is 1. The molecule has 0 radical (unpaired) electrons. The van der Waals surface area contributed by atoms with Gasteiger partial charge in [-0.2, -0.15) is 5.10 Å². The molecule has 0 aliphatic carbocycles. The number of rotatable bonds is 4. The molecule has 0 atom stereocenters. The number of aliphatic hydroxyl groups is 1. The fourth-order valence-corrected chi connectivity index (χ4v) is 2.79. The van der Waals surface area contributed by atoms with E-state index in [9.17, 15) is 0 Å². The van der Waals surface area contributed by atoms with Crippen molar-refractivity contribution >= 4 is 22.7 Å². The molecule has 3 rings (SSSR count). The number of aromatic nitrogens is 4. The van der Waals surface area contributed by atoms with Crippen molar-refractivity contribution in [3.05, 3.63) is 6.33 Å². The average molecular weight is 291 g/mol. The van der Waals surface area contributed by atoms with Crippen molar-refractivity contribution in [2.24, 2.45) is 0 Å². The highest BCUT2D eigenvalue weighted by atomic mass is 16.3. The normalized spacial score (nSPS) is 16.8. The lowest BCUT2D eigenvalue weighted by Crippen LogP contribution is -2.46. The molecule has 21 heavy (non-hydrogen) atoms. The maximum Gasteiger partial charge on any atom is 0.165 e. The summed E-state index contributed by atoms with van der Waals surface area (Å²) in [6, 6.07) is 0. The van der Waals surface area contributed by atoms with Gasteiger partial charge in [-0.1, -0.05) is 6.92 Å². The maximum absolute atomic E-state index is 9.10. The number of fused-ring (bicyclic) bond motifs is 1. The highest BCUT2D eigenvalue weighted by Crippen LogP contribution is 2.28. The number of nitrogen functional groups attached to an aromatic ring is 1. The summed E-state index contributed by atoms with van der Waals surface area (Å²) in [6.45, 7) is 7.52. The van der Waals surface area contributed by atoms with Gasteiger partial charge in [0.05, 0.1) is 13.2 Å². The van der Waals surface area contributed by atoms with Crippen LogP contribution in [0.15, 0.2) is 6.33 Å². The molecule has 0 aromatic carbocycles. The van der Waals surface area contributed by atoms with Gasteiger partial charge in [0.1, 0.15) is 17.5 Å². The Kier molecular flexibility index (Phi) is 3.89. The third-order valence-electron chi connectivity index (χ3n) is 3.97. The summed E-state index contributed by atoms with van der Waals surface area (Å²) in [4.78, 5) is 13.3. The van der Waals surface area contributed by atoms with Crippen molar-refractivity contribution in [3.8, 4) is 0 Å². The molecule has 0 bridgehead atoms. The number of nitrogens with zero attached hydrogens (tertiary/aromatic N) is 6. The fourth-order valence-electron chi connectivity index (χ4n) is 2.79. The largest absolute Gasteiger partial charge is 0.394 e. The highest BCUT2D eigenvalue weighted by Gasteiger charge is 2.22. The number of hydrogen-bond donors (Lipinski definition) is 2. The van der Waals surface area contributed by atoms with E-state index in [1.807, 2.05) is 0 Å². The number of piperazine rings is 1. The third-order valence-corrected chi connectivity index (χ3v) is 3.97. The Labute approximate surface area is 123 Å². The first-order chi connectivity index (χ1) is 10.2. The van der Waals surface area contributed by atoms with Crippen LogP contribution in [-0.4, -0.2) is 69.1 Å². The Balaban J connectivity index is 1.96. The second-order valence-electron chi connectivity index (χ2n) is 5.15. The monoisotopic (exact) mass is 291 g/mol. The van der Waals surface area contributed by atoms with E-state index in [1.165, 1.54) is 0 Å². The summed E-state index contributed by atoms with van der Waals surface area (Å²) >= 11 is 0. The zero-order valence-corrected chi connectivity index (χ0v) is 12.2. The second kappa shape index (κ2) is 5.82. The number of hydrogen-bond acceptors (Lipinski definition) is 7. The second-order valence-corrected chi connectivity index (χ2v) is 5.15. The van der Waals surface area contributed by atoms with Gasteiger partial charge in [-0.15, -0.1) is 0 Å². The van der Waals surface area contributed by atoms with Crippen molar-refractivity contribution in [2.75, 3.05) is 50.0 Å². The van der Waals surface area contributed by atoms with Gasteiger partial charge < -0.3 is 20.6 Å². The Hall–Kier alpha value is -1.93. The summed E-state index contributed by atoms with van der Waals surface area (Å²) in [6.07, 6.45) is 1.54. The standard InChI is InChI=1S/C13H21N7O/c1-2-18-3-5-19(6-4-18)12-10-11(14)17-20(7-8-21)13(10)16-9-15-12/h9,21H,2-8H2,1H3,(H2,14,17). The SMILES string of the molecule is CCN1CCN(c2ncnc3c2c(N)nn3CCO)CC1. The zero-order chi connectivity index (χ0) is 14.8. The van der Waals surface area contributed by atoms with Gasteiger partial charge in [-0.25, -0.2) is 14.6 Å². The van der Waals surface area contributed by atoms with Crippen molar-refractivity contribution in [1.29, 1.82) is 0 Å². The van der Waals surface area contributed by atoms with E-state index < -0.39 is 0 Å². The lowest BCUT2D eigenvalue weighted by Gasteiger charge is -2.34. The predicted molar refractivity (Wildman–Crippen MR) is 81.1 cm³/mol. The van der Waals surface area contributed by atoms with Gasteiger partial charge >= 0.3 is 0 Å². The Bertz CT molecular complexity index is 618. The molecule has 1 saturated heterocycles. The van der Waals surface area contributed by atoms with E-state index >= 15 is 0 Å². The molecule has 1 aliphatic heterocycles. The molecule has 114 valence electrons. The molecule has 1 aliphatic rings. The van der Waals surface area contributed by atoms with Crippen LogP contribution in [0.1, 0.15) is 6.92 Å². The van der Waals surface area contributed by atoms with E-state index in [0.717, 1.165) is 43.9 Å². The van der Waals surface area contributed by atoms with Gasteiger partial charge in [-0.05, 0) is 6.54 Å². The lowest BCUT2D eigenvalue weighted by atomic mass is 10.2. The number of aliphatic hydroxyl groups excluding tert-OH is 1. The maximum atomic E-state index is 9.10. The highest BCUT2D eigenvalue weighted by molar-refractivity contribution is 5.96. The van der Waals surface area contributed by atoms with Crippen LogP contribution in [0.2, 0.25) is 0 Å². The summed E-state index contributed by atoms with van der Waals surface area (Å²) in [5, 5.41) is 14.2. The van der Waals surface area contributed by atoms with Gasteiger partial charge in [0, 0.05) is 26.2 Å². The van der Waals surface area contributed by atoms with Crippen LogP contribution in [0.4, 0.5) is 11.6 Å². The lowest BCUT2D eigenvalue weighted by molar-refractivity contribution is 0.270. The first kappa shape index (κ1) is 14.0. The average Bonchev–Trinajstić information content (AvgIpc) is 2.84. The molecule has 2 aromatic rings. The summed E-state index contributed by atoms with van der Waals surface area (Å²) in [7, 11) is 0. The van der Waals surface area contributed by atoms with Crippen LogP contribution in [0.5, 0.6) is 0 Å². The van der Waals surface area contributed by atoms with Crippen LogP contribution < -0.4 is 10.6 Å². The van der Waals surface area contributed by atoms with E-state index in [4.69, 9.17) is 10.8 Å². The molecule has 0 spiro atoms. The minimum Gasteiger partial charge on any atom is -0.394 e. The van der Waals surface area contributed by atoms with Crippen molar-refractivity contribution in [3.63, 3.8) is 0 Å². The summed E-state index contributed by atoms with van der Waals surface area (Å²) in [5.41, 5.74) is 6.72. The Morgan fingerprint density at radius 1 is 1.24 bits per heavy atom. The van der Waals surface area contributed by atoms with Gasteiger partial charge in [0.15, 0.2) is 11.5 Å². The zero-order valence-electron chi connectivity index (χ0n) is 12.2. The molecule has 2 aromatic heterocycles. The third kappa shape index (κ3) is 2.52. The molecule has 8 nitrogen and oxygen atoms in total. The minimum atomic E-state index is 0.00469. The topological polar surface area (TPSA) is 96.3 Å². The van der Waals surface area contributed by atoms with E-state index in [0.29, 0.717) is 18.0 Å². The van der Waals surface area contributed by atoms with Gasteiger partial charge in [0.2, 0.25) is 0 Å². The molecule has 0 amide bonds. The quantitative estimate of drug-likeness (QED) is 0.787.